The van der Waals surface area contributed by atoms with Crippen molar-refractivity contribution in [2.45, 2.75) is 19.0 Å². The van der Waals surface area contributed by atoms with Crippen LogP contribution in [0.2, 0.25) is 0 Å². The molecule has 0 aliphatic carbocycles. The van der Waals surface area contributed by atoms with Gasteiger partial charge in [0.15, 0.2) is 6.61 Å². The number of unbranched alkanes of at least 4 members (excludes halogenated alkanes) is 1. The van der Waals surface area contributed by atoms with Crippen LogP contribution >= 0.6 is 0 Å². The topological polar surface area (TPSA) is 64.3 Å². The van der Waals surface area contributed by atoms with Gasteiger partial charge in [-0.2, -0.15) is 13.2 Å². The van der Waals surface area contributed by atoms with Crippen molar-refractivity contribution in [2.24, 2.45) is 5.73 Å². The molecule has 1 amide bonds. The van der Waals surface area contributed by atoms with Crippen LogP contribution in [0, 0.1) is 0 Å². The Bertz CT molecular complexity index is 436. The van der Waals surface area contributed by atoms with Gasteiger partial charge in [0, 0.05) is 6.54 Å². The molecule has 0 atom stereocenters. The molecule has 0 unspecified atom stereocenters. The molecule has 112 valence electrons. The van der Waals surface area contributed by atoms with Gasteiger partial charge in [0.1, 0.15) is 5.75 Å². The lowest BCUT2D eigenvalue weighted by atomic mass is 10.2. The molecular weight excluding hydrogens is 273 g/mol. The minimum Gasteiger partial charge on any atom is -0.484 e. The van der Waals surface area contributed by atoms with Crippen molar-refractivity contribution < 1.29 is 22.7 Å². The predicted octanol–water partition coefficient (Wildman–Crippen LogP) is 1.94. The van der Waals surface area contributed by atoms with Gasteiger partial charge in [-0.3, -0.25) is 4.79 Å². The number of hydrogen-bond donors (Lipinski definition) is 2. The van der Waals surface area contributed by atoms with Crippen molar-refractivity contribution >= 4 is 5.91 Å². The summed E-state index contributed by atoms with van der Waals surface area (Å²) in [6.45, 7) is 0.711. The first-order valence-electron chi connectivity index (χ1n) is 6.20. The molecule has 0 heterocycles. The number of carbonyl (C=O) groups excluding carboxylic acids is 1. The first kappa shape index (κ1) is 16.3. The number of alkyl halides is 3. The van der Waals surface area contributed by atoms with E-state index in [2.05, 4.69) is 5.32 Å². The van der Waals surface area contributed by atoms with E-state index >= 15 is 0 Å². The Labute approximate surface area is 115 Å². The fourth-order valence-electron chi connectivity index (χ4n) is 1.46. The standard InChI is InChI=1S/C13H17F3N2O2/c14-13(15,16)10-4-3-5-11(8-10)20-9-12(19)18-7-2-1-6-17/h3-5,8H,1-2,6-7,9,17H2,(H,18,19). The van der Waals surface area contributed by atoms with E-state index in [0.29, 0.717) is 13.1 Å². The third-order valence-electron chi connectivity index (χ3n) is 2.48. The Morgan fingerprint density at radius 3 is 2.70 bits per heavy atom. The van der Waals surface area contributed by atoms with Crippen LogP contribution in [0.25, 0.3) is 0 Å². The van der Waals surface area contributed by atoms with Gasteiger partial charge >= 0.3 is 6.18 Å². The molecule has 7 heteroatoms. The fourth-order valence-corrected chi connectivity index (χ4v) is 1.46. The van der Waals surface area contributed by atoms with Crippen LogP contribution in [0.3, 0.4) is 0 Å². The highest BCUT2D eigenvalue weighted by Gasteiger charge is 2.30. The first-order chi connectivity index (χ1) is 9.43. The molecule has 0 aliphatic rings. The van der Waals surface area contributed by atoms with Crippen molar-refractivity contribution in [3.8, 4) is 5.75 Å². The van der Waals surface area contributed by atoms with Gasteiger partial charge in [-0.15, -0.1) is 0 Å². The number of halogens is 3. The van der Waals surface area contributed by atoms with Crippen LogP contribution in [-0.4, -0.2) is 25.6 Å². The second-order valence-corrected chi connectivity index (χ2v) is 4.16. The van der Waals surface area contributed by atoms with Gasteiger partial charge in [0.05, 0.1) is 5.56 Å². The number of hydrogen-bond acceptors (Lipinski definition) is 3. The van der Waals surface area contributed by atoms with Gasteiger partial charge in [0.2, 0.25) is 0 Å². The Morgan fingerprint density at radius 1 is 1.30 bits per heavy atom. The number of nitrogens with two attached hydrogens (primary N) is 1. The van der Waals surface area contributed by atoms with E-state index in [-0.39, 0.29) is 18.3 Å². The van der Waals surface area contributed by atoms with Crippen molar-refractivity contribution in [1.29, 1.82) is 0 Å². The summed E-state index contributed by atoms with van der Waals surface area (Å²) in [7, 11) is 0. The quantitative estimate of drug-likeness (QED) is 0.754. The van der Waals surface area contributed by atoms with E-state index < -0.39 is 11.7 Å². The molecule has 0 spiro atoms. The average molecular weight is 290 g/mol. The van der Waals surface area contributed by atoms with Crippen LogP contribution < -0.4 is 15.8 Å². The predicted molar refractivity (Wildman–Crippen MR) is 68.2 cm³/mol. The van der Waals surface area contributed by atoms with Crippen molar-refractivity contribution in [1.82, 2.24) is 5.32 Å². The maximum Gasteiger partial charge on any atom is 0.416 e. The van der Waals surface area contributed by atoms with E-state index in [1.165, 1.54) is 12.1 Å². The lowest BCUT2D eigenvalue weighted by molar-refractivity contribution is -0.137. The monoisotopic (exact) mass is 290 g/mol. The van der Waals surface area contributed by atoms with Gasteiger partial charge in [-0.25, -0.2) is 0 Å². The van der Waals surface area contributed by atoms with E-state index in [9.17, 15) is 18.0 Å². The molecule has 0 radical (unpaired) electrons. The minimum absolute atomic E-state index is 0.0110. The van der Waals surface area contributed by atoms with Crippen molar-refractivity contribution in [3.63, 3.8) is 0 Å². The average Bonchev–Trinajstić information content (AvgIpc) is 2.41. The van der Waals surface area contributed by atoms with E-state index in [1.54, 1.807) is 0 Å². The van der Waals surface area contributed by atoms with Gasteiger partial charge in [0.25, 0.3) is 5.91 Å². The molecule has 0 bridgehead atoms. The normalized spacial score (nSPS) is 11.2. The highest BCUT2D eigenvalue weighted by atomic mass is 19.4. The maximum absolute atomic E-state index is 12.5. The lowest BCUT2D eigenvalue weighted by Crippen LogP contribution is -2.30. The molecule has 1 aromatic rings. The SMILES string of the molecule is NCCCCNC(=O)COc1cccc(C(F)(F)F)c1. The lowest BCUT2D eigenvalue weighted by Gasteiger charge is -2.10. The summed E-state index contributed by atoms with van der Waals surface area (Å²) in [6, 6.07) is 4.41. The van der Waals surface area contributed by atoms with Crippen LogP contribution in [0.4, 0.5) is 13.2 Å². The number of nitrogens with one attached hydrogen (secondary N) is 1. The second-order valence-electron chi connectivity index (χ2n) is 4.16. The highest BCUT2D eigenvalue weighted by molar-refractivity contribution is 5.77. The zero-order valence-corrected chi connectivity index (χ0v) is 10.9. The summed E-state index contributed by atoms with van der Waals surface area (Å²) in [6.07, 6.45) is -2.87. The van der Waals surface area contributed by atoms with Crippen LogP contribution in [0.5, 0.6) is 5.75 Å². The zero-order valence-electron chi connectivity index (χ0n) is 10.9. The molecule has 0 saturated heterocycles. The highest BCUT2D eigenvalue weighted by Crippen LogP contribution is 2.31. The molecule has 1 rings (SSSR count). The third kappa shape index (κ3) is 5.92. The summed E-state index contributed by atoms with van der Waals surface area (Å²) < 4.78 is 42.4. The Balaban J connectivity index is 2.40. The maximum atomic E-state index is 12.5. The summed E-state index contributed by atoms with van der Waals surface area (Å²) in [5, 5.41) is 2.59. The number of ether oxygens (including phenoxy) is 1. The Kier molecular flexibility index (Phi) is 6.30. The molecule has 0 aliphatic heterocycles. The second kappa shape index (κ2) is 7.74. The summed E-state index contributed by atoms with van der Waals surface area (Å²) in [5.41, 5.74) is 4.49. The molecular formula is C13H17F3N2O2. The molecule has 3 N–H and O–H groups in total. The molecule has 0 fully saturated rings. The van der Waals surface area contributed by atoms with E-state index in [4.69, 9.17) is 10.5 Å². The van der Waals surface area contributed by atoms with Gasteiger partial charge < -0.3 is 15.8 Å². The van der Waals surface area contributed by atoms with Crippen molar-refractivity contribution in [2.75, 3.05) is 19.7 Å². The third-order valence-corrected chi connectivity index (χ3v) is 2.48. The Hall–Kier alpha value is -1.76. The first-order valence-corrected chi connectivity index (χ1v) is 6.20. The van der Waals surface area contributed by atoms with Crippen molar-refractivity contribution in [3.05, 3.63) is 29.8 Å². The fraction of sp³-hybridized carbons (Fsp3) is 0.462. The molecule has 0 aromatic heterocycles. The molecule has 0 saturated carbocycles. The van der Waals surface area contributed by atoms with E-state index in [0.717, 1.165) is 25.0 Å². The summed E-state index contributed by atoms with van der Waals surface area (Å²) in [4.78, 5) is 11.4. The minimum atomic E-state index is -4.43. The summed E-state index contributed by atoms with van der Waals surface area (Å²) >= 11 is 0. The Morgan fingerprint density at radius 2 is 2.05 bits per heavy atom. The number of benzene rings is 1. The molecule has 1 aromatic carbocycles. The van der Waals surface area contributed by atoms with Gasteiger partial charge in [-0.1, -0.05) is 6.07 Å². The van der Waals surface area contributed by atoms with Gasteiger partial charge in [-0.05, 0) is 37.6 Å². The summed E-state index contributed by atoms with van der Waals surface area (Å²) in [5.74, 6) is -0.364. The van der Waals surface area contributed by atoms with Crippen LogP contribution in [-0.2, 0) is 11.0 Å². The van der Waals surface area contributed by atoms with E-state index in [1.807, 2.05) is 0 Å². The smallest absolute Gasteiger partial charge is 0.416 e. The number of carbonyl (C=O) groups is 1. The molecule has 4 nitrogen and oxygen atoms in total. The largest absolute Gasteiger partial charge is 0.484 e. The zero-order chi connectivity index (χ0) is 15.0. The van der Waals surface area contributed by atoms with Crippen LogP contribution in [0.15, 0.2) is 24.3 Å². The number of amides is 1. The number of rotatable bonds is 7. The molecule has 20 heavy (non-hydrogen) atoms. The van der Waals surface area contributed by atoms with Crippen LogP contribution in [0.1, 0.15) is 18.4 Å².